The normalized spacial score (nSPS) is 14.5. The van der Waals surface area contributed by atoms with E-state index in [2.05, 4.69) is 18.3 Å². The Morgan fingerprint density at radius 1 is 1.17 bits per heavy atom. The zero-order valence-electron chi connectivity index (χ0n) is 20.5. The number of nitriles is 1. The maximum atomic E-state index is 13.2. The van der Waals surface area contributed by atoms with Crippen LogP contribution in [0.15, 0.2) is 34.0 Å². The van der Waals surface area contributed by atoms with Crippen LogP contribution in [-0.4, -0.2) is 33.3 Å². The number of hydrogen-bond donors (Lipinski definition) is 1. The number of amides is 1. The Morgan fingerprint density at radius 2 is 1.89 bits per heavy atom. The van der Waals surface area contributed by atoms with Gasteiger partial charge in [-0.05, 0) is 49.1 Å². The summed E-state index contributed by atoms with van der Waals surface area (Å²) in [5.74, 6) is 1.21. The fourth-order valence-electron chi connectivity index (χ4n) is 3.86. The van der Waals surface area contributed by atoms with Gasteiger partial charge in [0.05, 0.1) is 12.0 Å². The maximum absolute atomic E-state index is 13.2. The SMILES string of the molecule is CCCCN1C(=O)/C(=C\c2c(C)c(C#N)c(=O)n(CCC)c2NCc2ccc(OC)cc2)SC1=S. The van der Waals surface area contributed by atoms with Gasteiger partial charge in [-0.25, -0.2) is 0 Å². The molecule has 1 amide bonds. The number of hydrogen-bond acceptors (Lipinski definition) is 7. The lowest BCUT2D eigenvalue weighted by atomic mass is 10.0. The average Bonchev–Trinajstić information content (AvgIpc) is 3.12. The summed E-state index contributed by atoms with van der Waals surface area (Å²) in [5, 5.41) is 13.1. The quantitative estimate of drug-likeness (QED) is 0.353. The molecule has 3 rings (SSSR count). The van der Waals surface area contributed by atoms with Gasteiger partial charge in [-0.3, -0.25) is 19.1 Å². The van der Waals surface area contributed by atoms with Crippen molar-refractivity contribution in [1.29, 1.82) is 5.26 Å². The van der Waals surface area contributed by atoms with Crippen LogP contribution in [0.1, 0.15) is 55.4 Å². The molecular formula is C26H30N4O3S2. The first kappa shape index (κ1) is 26.5. The third kappa shape index (κ3) is 5.77. The highest BCUT2D eigenvalue weighted by Crippen LogP contribution is 2.35. The van der Waals surface area contributed by atoms with E-state index in [-0.39, 0.29) is 17.0 Å². The number of unbranched alkanes of at least 4 members (excludes halogenated alkanes) is 1. The minimum absolute atomic E-state index is 0.0844. The number of aromatic nitrogens is 1. The molecule has 1 aliphatic heterocycles. The molecule has 0 unspecified atom stereocenters. The number of anilines is 1. The molecule has 0 bridgehead atoms. The molecule has 35 heavy (non-hydrogen) atoms. The second-order valence-electron chi connectivity index (χ2n) is 8.22. The van der Waals surface area contributed by atoms with E-state index in [1.165, 1.54) is 11.8 Å². The lowest BCUT2D eigenvalue weighted by Crippen LogP contribution is -2.29. The van der Waals surface area contributed by atoms with Gasteiger partial charge in [0.15, 0.2) is 0 Å². The molecule has 2 heterocycles. The van der Waals surface area contributed by atoms with Crippen LogP contribution in [0.3, 0.4) is 0 Å². The molecule has 1 aromatic heterocycles. The number of thioether (sulfide) groups is 1. The number of methoxy groups -OCH3 is 1. The fraction of sp³-hybridized carbons (Fsp3) is 0.385. The summed E-state index contributed by atoms with van der Waals surface area (Å²) in [5.41, 5.74) is 1.94. The number of benzene rings is 1. The van der Waals surface area contributed by atoms with Gasteiger partial charge in [-0.1, -0.05) is 56.4 Å². The van der Waals surface area contributed by atoms with Gasteiger partial charge in [0.1, 0.15) is 27.5 Å². The van der Waals surface area contributed by atoms with Gasteiger partial charge in [-0.2, -0.15) is 5.26 Å². The van der Waals surface area contributed by atoms with Gasteiger partial charge in [0, 0.05) is 25.2 Å². The van der Waals surface area contributed by atoms with E-state index in [0.717, 1.165) is 24.2 Å². The Balaban J connectivity index is 2.09. The Labute approximate surface area is 215 Å². The zero-order chi connectivity index (χ0) is 25.5. The van der Waals surface area contributed by atoms with Crippen molar-refractivity contribution < 1.29 is 9.53 Å². The number of carbonyl (C=O) groups is 1. The largest absolute Gasteiger partial charge is 0.497 e. The van der Waals surface area contributed by atoms with E-state index < -0.39 is 0 Å². The Bertz CT molecular complexity index is 1240. The van der Waals surface area contributed by atoms with Crippen molar-refractivity contribution in [2.45, 2.75) is 53.1 Å². The smallest absolute Gasteiger partial charge is 0.270 e. The van der Waals surface area contributed by atoms with Gasteiger partial charge >= 0.3 is 0 Å². The zero-order valence-corrected chi connectivity index (χ0v) is 22.1. The van der Waals surface area contributed by atoms with Crippen molar-refractivity contribution in [3.63, 3.8) is 0 Å². The summed E-state index contributed by atoms with van der Waals surface area (Å²) in [7, 11) is 1.62. The van der Waals surface area contributed by atoms with Gasteiger partial charge in [-0.15, -0.1) is 0 Å². The number of carbonyl (C=O) groups excluding carboxylic acids is 1. The van der Waals surface area contributed by atoms with Gasteiger partial charge in [0.25, 0.3) is 11.5 Å². The van der Waals surface area contributed by atoms with Crippen LogP contribution in [0.5, 0.6) is 5.75 Å². The molecule has 0 aliphatic carbocycles. The third-order valence-electron chi connectivity index (χ3n) is 5.83. The molecule has 1 aliphatic rings. The first-order chi connectivity index (χ1) is 16.9. The van der Waals surface area contributed by atoms with Crippen LogP contribution in [-0.2, 0) is 17.9 Å². The molecule has 1 aromatic carbocycles. The van der Waals surface area contributed by atoms with Crippen molar-refractivity contribution in [2.24, 2.45) is 0 Å². The Morgan fingerprint density at radius 3 is 2.49 bits per heavy atom. The van der Waals surface area contributed by atoms with Gasteiger partial charge < -0.3 is 10.1 Å². The second kappa shape index (κ2) is 12.0. The highest BCUT2D eigenvalue weighted by molar-refractivity contribution is 8.26. The molecule has 184 valence electrons. The van der Waals surface area contributed by atoms with Crippen LogP contribution < -0.4 is 15.6 Å². The number of nitrogens with one attached hydrogen (secondary N) is 1. The van der Waals surface area contributed by atoms with Crippen molar-refractivity contribution >= 4 is 46.1 Å². The predicted molar refractivity (Wildman–Crippen MR) is 146 cm³/mol. The first-order valence-electron chi connectivity index (χ1n) is 11.7. The van der Waals surface area contributed by atoms with Crippen molar-refractivity contribution in [3.8, 4) is 11.8 Å². The fourth-order valence-corrected chi connectivity index (χ4v) is 5.15. The number of nitrogens with zero attached hydrogens (tertiary/aromatic N) is 3. The minimum atomic E-state index is -0.336. The van der Waals surface area contributed by atoms with Crippen LogP contribution in [0, 0.1) is 18.3 Å². The van der Waals surface area contributed by atoms with E-state index >= 15 is 0 Å². The Kier molecular flexibility index (Phi) is 9.13. The van der Waals surface area contributed by atoms with Crippen LogP contribution in [0.2, 0.25) is 0 Å². The second-order valence-corrected chi connectivity index (χ2v) is 9.90. The van der Waals surface area contributed by atoms with Crippen LogP contribution in [0.4, 0.5) is 5.82 Å². The highest BCUT2D eigenvalue weighted by Gasteiger charge is 2.32. The monoisotopic (exact) mass is 510 g/mol. The first-order valence-corrected chi connectivity index (χ1v) is 12.9. The van der Waals surface area contributed by atoms with Crippen LogP contribution in [0.25, 0.3) is 6.08 Å². The molecule has 0 saturated carbocycles. The summed E-state index contributed by atoms with van der Waals surface area (Å²) in [6, 6.07) is 9.72. The standard InChI is InChI=1S/C26H30N4O3S2/c1-5-7-13-30-25(32)22(35-26(30)34)14-20-17(3)21(15-27)24(31)29(12-6-2)23(20)28-16-18-8-10-19(33-4)11-9-18/h8-11,14,28H,5-7,12-13,16H2,1-4H3/b22-14+. The third-order valence-corrected chi connectivity index (χ3v) is 7.20. The molecule has 1 saturated heterocycles. The molecule has 7 nitrogen and oxygen atoms in total. The minimum Gasteiger partial charge on any atom is -0.497 e. The molecule has 2 aromatic rings. The lowest BCUT2D eigenvalue weighted by Gasteiger charge is -2.20. The molecule has 0 atom stereocenters. The van der Waals surface area contributed by atoms with E-state index in [1.54, 1.807) is 29.6 Å². The van der Waals surface area contributed by atoms with Crippen molar-refractivity contribution in [3.05, 3.63) is 61.8 Å². The predicted octanol–water partition coefficient (Wildman–Crippen LogP) is 5.06. The molecular weight excluding hydrogens is 480 g/mol. The summed E-state index contributed by atoms with van der Waals surface area (Å²) >= 11 is 6.71. The molecule has 0 radical (unpaired) electrons. The topological polar surface area (TPSA) is 87.4 Å². The van der Waals surface area contributed by atoms with Crippen LogP contribution >= 0.6 is 24.0 Å². The van der Waals surface area contributed by atoms with E-state index in [4.69, 9.17) is 17.0 Å². The highest BCUT2D eigenvalue weighted by atomic mass is 32.2. The average molecular weight is 511 g/mol. The number of thiocarbonyl (C=S) groups is 1. The molecule has 1 fully saturated rings. The van der Waals surface area contributed by atoms with E-state index in [1.807, 2.05) is 31.2 Å². The number of ether oxygens (including phenoxy) is 1. The van der Waals surface area contributed by atoms with Crippen molar-refractivity contribution in [2.75, 3.05) is 19.0 Å². The lowest BCUT2D eigenvalue weighted by molar-refractivity contribution is -0.122. The summed E-state index contributed by atoms with van der Waals surface area (Å²) < 4.78 is 7.36. The number of pyridine rings is 1. The van der Waals surface area contributed by atoms with E-state index in [0.29, 0.717) is 52.2 Å². The van der Waals surface area contributed by atoms with Gasteiger partial charge in [0.2, 0.25) is 0 Å². The molecule has 9 heteroatoms. The summed E-state index contributed by atoms with van der Waals surface area (Å²) in [6.45, 7) is 7.27. The van der Waals surface area contributed by atoms with Crippen molar-refractivity contribution in [1.82, 2.24) is 9.47 Å². The maximum Gasteiger partial charge on any atom is 0.270 e. The summed E-state index contributed by atoms with van der Waals surface area (Å²) in [4.78, 5) is 28.4. The molecule has 0 spiro atoms. The molecule has 1 N–H and O–H groups in total. The number of rotatable bonds is 10. The summed E-state index contributed by atoms with van der Waals surface area (Å²) in [6.07, 6.45) is 4.31. The van der Waals surface area contributed by atoms with E-state index in [9.17, 15) is 14.9 Å². The Hall–Kier alpha value is -3.09.